The topological polar surface area (TPSA) is 55.6 Å². The fourth-order valence-corrected chi connectivity index (χ4v) is 2.53. The van der Waals surface area contributed by atoms with E-state index in [9.17, 15) is 9.18 Å². The van der Waals surface area contributed by atoms with Gasteiger partial charge in [0.25, 0.3) is 0 Å². The summed E-state index contributed by atoms with van der Waals surface area (Å²) in [7, 11) is 1.80. The summed E-state index contributed by atoms with van der Waals surface area (Å²) in [5, 5.41) is 0. The molecule has 1 atom stereocenters. The van der Waals surface area contributed by atoms with Crippen molar-refractivity contribution in [1.82, 2.24) is 0 Å². The highest BCUT2D eigenvalue weighted by Crippen LogP contribution is 2.27. The van der Waals surface area contributed by atoms with Gasteiger partial charge < -0.3 is 15.4 Å². The molecule has 0 aliphatic carbocycles. The molecule has 0 aromatic heterocycles. The van der Waals surface area contributed by atoms with E-state index in [4.69, 9.17) is 10.5 Å². The van der Waals surface area contributed by atoms with Crippen LogP contribution in [0, 0.1) is 5.82 Å². The summed E-state index contributed by atoms with van der Waals surface area (Å²) >= 11 is 1.68. The van der Waals surface area contributed by atoms with E-state index in [1.807, 2.05) is 13.2 Å². The zero-order valence-corrected chi connectivity index (χ0v) is 13.1. The highest BCUT2D eigenvalue weighted by atomic mass is 32.2. The Bertz CT molecular complexity index is 482. The molecule has 0 amide bonds. The van der Waals surface area contributed by atoms with E-state index in [0.29, 0.717) is 5.69 Å². The number of halogens is 1. The Labute approximate surface area is 123 Å². The molecule has 0 fully saturated rings. The second-order valence-electron chi connectivity index (χ2n) is 4.53. The smallest absolute Gasteiger partial charge is 0.340 e. The second kappa shape index (κ2) is 7.38. The zero-order valence-electron chi connectivity index (χ0n) is 12.3. The monoisotopic (exact) mass is 300 g/mol. The van der Waals surface area contributed by atoms with E-state index in [0.717, 1.165) is 5.75 Å². The highest BCUT2D eigenvalue weighted by molar-refractivity contribution is 7.98. The van der Waals surface area contributed by atoms with Crippen molar-refractivity contribution in [3.8, 4) is 0 Å². The number of hydrogen-bond acceptors (Lipinski definition) is 5. The summed E-state index contributed by atoms with van der Waals surface area (Å²) in [6, 6.07) is 2.77. The molecule has 0 bridgehead atoms. The third-order valence-corrected chi connectivity index (χ3v) is 3.88. The minimum atomic E-state index is -0.530. The van der Waals surface area contributed by atoms with Gasteiger partial charge in [-0.25, -0.2) is 9.18 Å². The Hall–Kier alpha value is -1.43. The van der Waals surface area contributed by atoms with Gasteiger partial charge in [-0.05, 0) is 32.2 Å². The normalized spacial score (nSPS) is 12.1. The third-order valence-electron chi connectivity index (χ3n) is 3.06. The van der Waals surface area contributed by atoms with Crippen molar-refractivity contribution in [1.29, 1.82) is 0 Å². The van der Waals surface area contributed by atoms with Crippen LogP contribution >= 0.6 is 11.8 Å². The summed E-state index contributed by atoms with van der Waals surface area (Å²) in [4.78, 5) is 13.6. The van der Waals surface area contributed by atoms with Gasteiger partial charge in [0.15, 0.2) is 0 Å². The lowest BCUT2D eigenvalue weighted by Gasteiger charge is -2.27. The summed E-state index contributed by atoms with van der Waals surface area (Å²) in [6.07, 6.45) is 1.99. The molecule has 112 valence electrons. The molecule has 0 heterocycles. The molecule has 0 saturated heterocycles. The average molecular weight is 300 g/mol. The van der Waals surface area contributed by atoms with Crippen molar-refractivity contribution < 1.29 is 13.9 Å². The minimum Gasteiger partial charge on any atom is -0.462 e. The van der Waals surface area contributed by atoms with Gasteiger partial charge in [-0.1, -0.05) is 0 Å². The van der Waals surface area contributed by atoms with Crippen LogP contribution in [0.4, 0.5) is 15.8 Å². The van der Waals surface area contributed by atoms with E-state index in [2.05, 4.69) is 0 Å². The first-order chi connectivity index (χ1) is 9.42. The summed E-state index contributed by atoms with van der Waals surface area (Å²) in [5.74, 6) is -0.113. The van der Waals surface area contributed by atoms with Gasteiger partial charge in [-0.3, -0.25) is 0 Å². The first-order valence-electron chi connectivity index (χ1n) is 6.40. The summed E-state index contributed by atoms with van der Waals surface area (Å²) in [5.41, 5.74) is 6.34. The van der Waals surface area contributed by atoms with Gasteiger partial charge in [-0.2, -0.15) is 11.8 Å². The Kier molecular flexibility index (Phi) is 6.13. The number of thioether (sulfide) groups is 1. The van der Waals surface area contributed by atoms with Crippen molar-refractivity contribution in [2.45, 2.75) is 19.9 Å². The zero-order chi connectivity index (χ0) is 15.3. The SMILES string of the molecule is CCOC(=O)c1cc(N(C)C(C)CSC)c(F)cc1N. The van der Waals surface area contributed by atoms with Gasteiger partial charge in [0.05, 0.1) is 17.9 Å². The average Bonchev–Trinajstić information content (AvgIpc) is 2.38. The number of carbonyl (C=O) groups excluding carboxylic acids is 1. The van der Waals surface area contributed by atoms with Crippen molar-refractivity contribution in [2.75, 3.05) is 36.3 Å². The van der Waals surface area contributed by atoms with Crippen LogP contribution in [0.25, 0.3) is 0 Å². The lowest BCUT2D eigenvalue weighted by Crippen LogP contribution is -2.31. The van der Waals surface area contributed by atoms with Crippen molar-refractivity contribution in [3.63, 3.8) is 0 Å². The van der Waals surface area contributed by atoms with Crippen molar-refractivity contribution in [3.05, 3.63) is 23.5 Å². The van der Waals surface area contributed by atoms with Crippen LogP contribution in [0.15, 0.2) is 12.1 Å². The van der Waals surface area contributed by atoms with Crippen LogP contribution < -0.4 is 10.6 Å². The number of ether oxygens (including phenoxy) is 1. The van der Waals surface area contributed by atoms with Crippen molar-refractivity contribution in [2.24, 2.45) is 0 Å². The molecular weight excluding hydrogens is 279 g/mol. The number of benzene rings is 1. The minimum absolute atomic E-state index is 0.0932. The molecule has 1 aromatic carbocycles. The molecule has 1 rings (SSSR count). The van der Waals surface area contributed by atoms with Crippen LogP contribution in [-0.2, 0) is 4.74 Å². The Balaban J connectivity index is 3.14. The lowest BCUT2D eigenvalue weighted by atomic mass is 10.1. The Morgan fingerprint density at radius 2 is 2.20 bits per heavy atom. The number of hydrogen-bond donors (Lipinski definition) is 1. The highest BCUT2D eigenvalue weighted by Gasteiger charge is 2.19. The van der Waals surface area contributed by atoms with Gasteiger partial charge in [0.1, 0.15) is 5.82 Å². The van der Waals surface area contributed by atoms with Gasteiger partial charge in [0.2, 0.25) is 0 Å². The number of carbonyl (C=O) groups is 1. The summed E-state index contributed by atoms with van der Waals surface area (Å²) in [6.45, 7) is 3.96. The first-order valence-corrected chi connectivity index (χ1v) is 7.79. The molecule has 0 radical (unpaired) electrons. The van der Waals surface area contributed by atoms with Crippen LogP contribution in [0.5, 0.6) is 0 Å². The lowest BCUT2D eigenvalue weighted by molar-refractivity contribution is 0.0527. The van der Waals surface area contributed by atoms with Gasteiger partial charge in [0, 0.05) is 24.5 Å². The number of nitrogens with two attached hydrogens (primary N) is 1. The molecule has 0 aliphatic rings. The quantitative estimate of drug-likeness (QED) is 0.646. The molecule has 1 aromatic rings. The van der Waals surface area contributed by atoms with Crippen molar-refractivity contribution >= 4 is 29.1 Å². The molecular formula is C14H21FN2O2S. The summed E-state index contributed by atoms with van der Waals surface area (Å²) < 4.78 is 19.0. The molecule has 20 heavy (non-hydrogen) atoms. The first kappa shape index (κ1) is 16.6. The Morgan fingerprint density at radius 1 is 1.55 bits per heavy atom. The van der Waals surface area contributed by atoms with E-state index < -0.39 is 11.8 Å². The van der Waals surface area contributed by atoms with E-state index in [1.165, 1.54) is 12.1 Å². The van der Waals surface area contributed by atoms with Crippen LogP contribution in [0.1, 0.15) is 24.2 Å². The number of rotatable bonds is 6. The van der Waals surface area contributed by atoms with Crippen LogP contribution in [0.3, 0.4) is 0 Å². The Morgan fingerprint density at radius 3 is 2.75 bits per heavy atom. The fourth-order valence-electron chi connectivity index (χ4n) is 1.82. The second-order valence-corrected chi connectivity index (χ2v) is 5.44. The van der Waals surface area contributed by atoms with Crippen LogP contribution in [-0.4, -0.2) is 37.7 Å². The predicted octanol–water partition coefficient (Wildman–Crippen LogP) is 2.77. The largest absolute Gasteiger partial charge is 0.462 e. The standard InChI is InChI=1S/C14H21FN2O2S/c1-5-19-14(18)10-6-13(11(15)7-12(10)16)17(3)9(2)8-20-4/h6-7,9H,5,8,16H2,1-4H3. The fraction of sp³-hybridized carbons (Fsp3) is 0.500. The van der Waals surface area contributed by atoms with Gasteiger partial charge >= 0.3 is 5.97 Å². The van der Waals surface area contributed by atoms with Gasteiger partial charge in [-0.15, -0.1) is 0 Å². The third kappa shape index (κ3) is 3.79. The maximum atomic E-state index is 14.1. The maximum absolute atomic E-state index is 14.1. The van der Waals surface area contributed by atoms with E-state index in [-0.39, 0.29) is 23.9 Å². The molecule has 6 heteroatoms. The molecule has 0 spiro atoms. The molecule has 1 unspecified atom stereocenters. The number of nitrogens with zero attached hydrogens (tertiary/aromatic N) is 1. The number of esters is 1. The van der Waals surface area contributed by atoms with E-state index >= 15 is 0 Å². The van der Waals surface area contributed by atoms with Crippen LogP contribution in [0.2, 0.25) is 0 Å². The predicted molar refractivity (Wildman–Crippen MR) is 83.0 cm³/mol. The molecule has 2 N–H and O–H groups in total. The molecule has 4 nitrogen and oxygen atoms in total. The maximum Gasteiger partial charge on any atom is 0.340 e. The molecule has 0 aliphatic heterocycles. The molecule has 0 saturated carbocycles. The number of anilines is 2. The van der Waals surface area contributed by atoms with E-state index in [1.54, 1.807) is 30.6 Å². The number of nitrogen functional groups attached to an aromatic ring is 1.